The van der Waals surface area contributed by atoms with Crippen LogP contribution < -0.4 is 10.2 Å². The lowest BCUT2D eigenvalue weighted by atomic mass is 10.00. The maximum absolute atomic E-state index is 12.4. The number of amides is 2. The summed E-state index contributed by atoms with van der Waals surface area (Å²) >= 11 is 0. The third kappa shape index (κ3) is 2.59. The van der Waals surface area contributed by atoms with Crippen LogP contribution in [0.4, 0.5) is 10.5 Å². The zero-order chi connectivity index (χ0) is 13.2. The van der Waals surface area contributed by atoms with Gasteiger partial charge in [-0.1, -0.05) is 17.7 Å². The van der Waals surface area contributed by atoms with Crippen LogP contribution in [-0.2, 0) is 11.2 Å². The first-order valence-corrected chi connectivity index (χ1v) is 6.99. The number of hydrogen-bond acceptors (Lipinski definition) is 2. The Balaban J connectivity index is 1.76. The Morgan fingerprint density at radius 2 is 2.37 bits per heavy atom. The summed E-state index contributed by atoms with van der Waals surface area (Å²) < 4.78 is 5.30. The highest BCUT2D eigenvalue weighted by molar-refractivity contribution is 5.93. The lowest BCUT2D eigenvalue weighted by Crippen LogP contribution is -2.47. The van der Waals surface area contributed by atoms with Crippen molar-refractivity contribution in [1.29, 1.82) is 0 Å². The molecule has 1 atom stereocenters. The predicted octanol–water partition coefficient (Wildman–Crippen LogP) is 2.25. The Morgan fingerprint density at radius 1 is 1.47 bits per heavy atom. The largest absolute Gasteiger partial charge is 0.379 e. The average molecular weight is 260 g/mol. The molecule has 1 N–H and O–H groups in total. The van der Waals surface area contributed by atoms with E-state index in [9.17, 15) is 4.79 Å². The van der Waals surface area contributed by atoms with Gasteiger partial charge in [0.2, 0.25) is 0 Å². The molecule has 0 spiro atoms. The normalized spacial score (nSPS) is 22.2. The van der Waals surface area contributed by atoms with E-state index in [0.29, 0.717) is 6.61 Å². The monoisotopic (exact) mass is 260 g/mol. The van der Waals surface area contributed by atoms with E-state index >= 15 is 0 Å². The van der Waals surface area contributed by atoms with Crippen LogP contribution in [-0.4, -0.2) is 31.8 Å². The van der Waals surface area contributed by atoms with E-state index < -0.39 is 0 Å². The molecule has 1 unspecified atom stereocenters. The van der Waals surface area contributed by atoms with Gasteiger partial charge in [-0.05, 0) is 37.8 Å². The first-order chi connectivity index (χ1) is 9.24. The molecule has 2 amide bonds. The van der Waals surface area contributed by atoms with Gasteiger partial charge in [-0.2, -0.15) is 0 Å². The molecule has 0 aromatic heterocycles. The molecule has 2 aliphatic heterocycles. The van der Waals surface area contributed by atoms with E-state index in [2.05, 4.69) is 30.4 Å². The van der Waals surface area contributed by atoms with Gasteiger partial charge in [-0.3, -0.25) is 4.90 Å². The number of ether oxygens (including phenoxy) is 1. The molecule has 1 aromatic carbocycles. The highest BCUT2D eigenvalue weighted by Gasteiger charge is 2.25. The molecule has 0 radical (unpaired) electrons. The molecule has 1 fully saturated rings. The molecule has 0 saturated carbocycles. The summed E-state index contributed by atoms with van der Waals surface area (Å²) in [4.78, 5) is 14.2. The maximum Gasteiger partial charge on any atom is 0.322 e. The lowest BCUT2D eigenvalue weighted by molar-refractivity contribution is 0.189. The summed E-state index contributed by atoms with van der Waals surface area (Å²) in [6, 6.07) is 6.51. The van der Waals surface area contributed by atoms with Crippen LogP contribution in [0.1, 0.15) is 24.0 Å². The molecular formula is C15H20N2O2. The van der Waals surface area contributed by atoms with Gasteiger partial charge < -0.3 is 10.1 Å². The zero-order valence-electron chi connectivity index (χ0n) is 11.3. The van der Waals surface area contributed by atoms with Crippen molar-refractivity contribution < 1.29 is 9.53 Å². The number of anilines is 1. The summed E-state index contributed by atoms with van der Waals surface area (Å²) in [5.74, 6) is 0. The van der Waals surface area contributed by atoms with Crippen molar-refractivity contribution >= 4 is 11.7 Å². The summed E-state index contributed by atoms with van der Waals surface area (Å²) in [6.07, 6.45) is 3.01. The number of aryl methyl sites for hydroxylation is 2. The number of carbonyl (C=O) groups excluding carboxylic acids is 1. The molecule has 2 aliphatic rings. The van der Waals surface area contributed by atoms with Crippen LogP contribution >= 0.6 is 0 Å². The first kappa shape index (κ1) is 12.5. The molecule has 2 heterocycles. The summed E-state index contributed by atoms with van der Waals surface area (Å²) in [5.41, 5.74) is 3.60. The highest BCUT2D eigenvalue weighted by Crippen LogP contribution is 2.28. The minimum absolute atomic E-state index is 0.0142. The van der Waals surface area contributed by atoms with Crippen molar-refractivity contribution in [2.75, 3.05) is 24.7 Å². The Bertz CT molecular complexity index is 481. The lowest BCUT2D eigenvalue weighted by Gasteiger charge is -2.30. The second-order valence-electron chi connectivity index (χ2n) is 5.40. The van der Waals surface area contributed by atoms with E-state index in [1.54, 1.807) is 0 Å². The fraction of sp³-hybridized carbons (Fsp3) is 0.533. The molecule has 102 valence electrons. The number of hydrogen-bond donors (Lipinski definition) is 1. The van der Waals surface area contributed by atoms with Crippen molar-refractivity contribution in [3.8, 4) is 0 Å². The summed E-state index contributed by atoms with van der Waals surface area (Å²) in [7, 11) is 0. The second-order valence-corrected chi connectivity index (χ2v) is 5.40. The third-order valence-electron chi connectivity index (χ3n) is 3.86. The topological polar surface area (TPSA) is 41.6 Å². The van der Waals surface area contributed by atoms with Gasteiger partial charge in [0.15, 0.2) is 0 Å². The number of benzene rings is 1. The van der Waals surface area contributed by atoms with E-state index in [0.717, 1.165) is 38.1 Å². The second kappa shape index (κ2) is 5.21. The molecule has 1 aromatic rings. The van der Waals surface area contributed by atoms with Gasteiger partial charge >= 0.3 is 6.03 Å². The van der Waals surface area contributed by atoms with E-state index in [1.807, 2.05) is 4.90 Å². The van der Waals surface area contributed by atoms with Gasteiger partial charge in [0.1, 0.15) is 0 Å². The highest BCUT2D eigenvalue weighted by atomic mass is 16.5. The quantitative estimate of drug-likeness (QED) is 0.841. The van der Waals surface area contributed by atoms with Crippen LogP contribution in [0, 0.1) is 6.92 Å². The Morgan fingerprint density at radius 3 is 3.16 bits per heavy atom. The predicted molar refractivity (Wildman–Crippen MR) is 74.6 cm³/mol. The van der Waals surface area contributed by atoms with Crippen molar-refractivity contribution in [3.05, 3.63) is 29.3 Å². The van der Waals surface area contributed by atoms with Crippen molar-refractivity contribution in [2.24, 2.45) is 0 Å². The van der Waals surface area contributed by atoms with E-state index in [-0.39, 0.29) is 12.1 Å². The number of carbonyl (C=O) groups is 1. The van der Waals surface area contributed by atoms with Crippen LogP contribution in [0.3, 0.4) is 0 Å². The van der Waals surface area contributed by atoms with E-state index in [4.69, 9.17) is 4.74 Å². The fourth-order valence-electron chi connectivity index (χ4n) is 2.84. The molecule has 0 bridgehead atoms. The first-order valence-electron chi connectivity index (χ1n) is 6.99. The van der Waals surface area contributed by atoms with Gasteiger partial charge in [-0.25, -0.2) is 4.79 Å². The zero-order valence-corrected chi connectivity index (χ0v) is 11.3. The Hall–Kier alpha value is -1.55. The number of nitrogens with one attached hydrogen (secondary N) is 1. The Kier molecular flexibility index (Phi) is 3.42. The Labute approximate surface area is 113 Å². The third-order valence-corrected chi connectivity index (χ3v) is 3.86. The minimum Gasteiger partial charge on any atom is -0.379 e. The maximum atomic E-state index is 12.4. The molecular weight excluding hydrogens is 240 g/mol. The van der Waals surface area contributed by atoms with Crippen molar-refractivity contribution in [1.82, 2.24) is 5.32 Å². The van der Waals surface area contributed by atoms with Crippen LogP contribution in [0.5, 0.6) is 0 Å². The van der Waals surface area contributed by atoms with E-state index in [1.165, 1.54) is 11.1 Å². The molecule has 4 heteroatoms. The smallest absolute Gasteiger partial charge is 0.322 e. The summed E-state index contributed by atoms with van der Waals surface area (Å²) in [6.45, 7) is 4.28. The van der Waals surface area contributed by atoms with Gasteiger partial charge in [0.05, 0.1) is 12.6 Å². The summed E-state index contributed by atoms with van der Waals surface area (Å²) in [5, 5.41) is 3.07. The molecule has 1 saturated heterocycles. The average Bonchev–Trinajstić information content (AvgIpc) is 2.90. The van der Waals surface area contributed by atoms with Crippen molar-refractivity contribution in [3.63, 3.8) is 0 Å². The molecule has 19 heavy (non-hydrogen) atoms. The number of rotatable bonds is 1. The van der Waals surface area contributed by atoms with Crippen LogP contribution in [0.2, 0.25) is 0 Å². The molecule has 4 nitrogen and oxygen atoms in total. The van der Waals surface area contributed by atoms with Crippen LogP contribution in [0.15, 0.2) is 18.2 Å². The fourth-order valence-corrected chi connectivity index (χ4v) is 2.84. The molecule has 3 rings (SSSR count). The number of nitrogens with zero attached hydrogens (tertiary/aromatic N) is 1. The van der Waals surface area contributed by atoms with Gasteiger partial charge in [-0.15, -0.1) is 0 Å². The molecule has 0 aliphatic carbocycles. The number of urea groups is 1. The standard InChI is InChI=1S/C15H20N2O2/c1-11-4-5-14-12(9-11)3-2-7-17(14)15(18)16-13-6-8-19-10-13/h4-5,9,13H,2-3,6-8,10H2,1H3,(H,16,18). The van der Waals surface area contributed by atoms with Gasteiger partial charge in [0, 0.05) is 18.8 Å². The SMILES string of the molecule is Cc1ccc2c(c1)CCCN2C(=O)NC1CCOC1. The van der Waals surface area contributed by atoms with Crippen molar-refractivity contribution in [2.45, 2.75) is 32.2 Å². The van der Waals surface area contributed by atoms with Crippen LogP contribution in [0.25, 0.3) is 0 Å². The van der Waals surface area contributed by atoms with Gasteiger partial charge in [0.25, 0.3) is 0 Å². The number of fused-ring (bicyclic) bond motifs is 1. The minimum atomic E-state index is 0.0142.